The Kier molecular flexibility index (Phi) is 5.50. The Morgan fingerprint density at radius 3 is 2.15 bits per heavy atom. The molecule has 8 heteroatoms. The van der Waals surface area contributed by atoms with Crippen LogP contribution in [0.15, 0.2) is 30.3 Å². The van der Waals surface area contributed by atoms with Gasteiger partial charge in [-0.15, -0.1) is 0 Å². The minimum Gasteiger partial charge on any atom is -0.282 e. The maximum absolute atomic E-state index is 13.0. The summed E-state index contributed by atoms with van der Waals surface area (Å²) in [6.07, 6.45) is -5.96. The molecule has 0 unspecified atom stereocenters. The van der Waals surface area contributed by atoms with E-state index in [4.69, 9.17) is 0 Å². The highest BCUT2D eigenvalue weighted by Crippen LogP contribution is 2.42. The van der Waals surface area contributed by atoms with Crippen LogP contribution in [0.3, 0.4) is 0 Å². The molecule has 1 rings (SSSR count). The normalized spacial score (nSPS) is 12.8. The number of thioether (sulfide) groups is 1. The van der Waals surface area contributed by atoms with Gasteiger partial charge in [0.05, 0.1) is 0 Å². The van der Waals surface area contributed by atoms with Gasteiger partial charge in [0.25, 0.3) is 0 Å². The Morgan fingerprint density at radius 1 is 1.10 bits per heavy atom. The number of halogens is 6. The monoisotopic (exact) mass is 316 g/mol. The first-order valence-corrected chi connectivity index (χ1v) is 6.43. The summed E-state index contributed by atoms with van der Waals surface area (Å²) in [5, 5.41) is -0.582. The second kappa shape index (κ2) is 6.51. The summed E-state index contributed by atoms with van der Waals surface area (Å²) in [6, 6.07) is 7.60. The summed E-state index contributed by atoms with van der Waals surface area (Å²) in [4.78, 5) is 11.5. The van der Waals surface area contributed by atoms with Crippen LogP contribution < -0.4 is 0 Å². The van der Waals surface area contributed by atoms with Crippen molar-refractivity contribution in [1.29, 1.82) is 0 Å². The molecule has 1 aromatic carbocycles. The van der Waals surface area contributed by atoms with Crippen LogP contribution in [-0.2, 0) is 0 Å². The van der Waals surface area contributed by atoms with Crippen molar-refractivity contribution in [3.8, 4) is 0 Å². The van der Waals surface area contributed by atoms with Crippen LogP contribution in [0.5, 0.6) is 0 Å². The van der Waals surface area contributed by atoms with Gasteiger partial charge < -0.3 is 0 Å². The van der Waals surface area contributed by atoms with Crippen LogP contribution >= 0.6 is 11.8 Å². The minimum absolute atomic E-state index is 0.224. The van der Waals surface area contributed by atoms with Crippen molar-refractivity contribution in [1.82, 2.24) is 0 Å². The van der Waals surface area contributed by atoms with Crippen LogP contribution in [0.1, 0.15) is 16.8 Å². The zero-order valence-electron chi connectivity index (χ0n) is 9.96. The lowest BCUT2D eigenvalue weighted by atomic mass is 10.1. The van der Waals surface area contributed by atoms with E-state index in [0.717, 1.165) is 0 Å². The van der Waals surface area contributed by atoms with Crippen molar-refractivity contribution in [2.24, 2.45) is 0 Å². The van der Waals surface area contributed by atoms with Crippen LogP contribution in [0, 0.1) is 0 Å². The predicted octanol–water partition coefficient (Wildman–Crippen LogP) is 4.49. The van der Waals surface area contributed by atoms with Gasteiger partial charge in [-0.25, -0.2) is 8.78 Å². The fourth-order valence-electron chi connectivity index (χ4n) is 1.26. The van der Waals surface area contributed by atoms with E-state index in [2.05, 4.69) is 0 Å². The van der Waals surface area contributed by atoms with Gasteiger partial charge >= 0.3 is 18.3 Å². The molecule has 0 aliphatic rings. The van der Waals surface area contributed by atoms with Crippen molar-refractivity contribution in [2.45, 2.75) is 24.7 Å². The van der Waals surface area contributed by atoms with Gasteiger partial charge in [0, 0.05) is 17.7 Å². The average molecular weight is 316 g/mol. The Morgan fingerprint density at radius 2 is 1.65 bits per heavy atom. The summed E-state index contributed by atoms with van der Waals surface area (Å²) < 4.78 is 74.8. The number of alkyl halides is 6. The van der Waals surface area contributed by atoms with Crippen LogP contribution in [0.25, 0.3) is 0 Å². The lowest BCUT2D eigenvalue weighted by Gasteiger charge is -2.25. The Balaban J connectivity index is 2.54. The number of carbonyl (C=O) groups excluding carboxylic acids is 1. The molecule has 0 aliphatic carbocycles. The van der Waals surface area contributed by atoms with Crippen LogP contribution in [-0.4, -0.2) is 29.1 Å². The van der Waals surface area contributed by atoms with E-state index >= 15 is 0 Å². The molecule has 0 radical (unpaired) electrons. The topological polar surface area (TPSA) is 17.1 Å². The lowest BCUT2D eigenvalue weighted by molar-refractivity contribution is -0.263. The second-order valence-electron chi connectivity index (χ2n) is 3.88. The van der Waals surface area contributed by atoms with Crippen molar-refractivity contribution in [2.75, 3.05) is 5.75 Å². The summed E-state index contributed by atoms with van der Waals surface area (Å²) in [5.41, 5.74) is 0.224. The lowest BCUT2D eigenvalue weighted by Crippen LogP contribution is -2.46. The molecular formula is C12H10F6OS. The first kappa shape index (κ1) is 16.9. The number of benzene rings is 1. The largest absolute Gasteiger partial charge is 0.369 e. The molecule has 0 aliphatic heterocycles. The zero-order chi connectivity index (χ0) is 15.4. The van der Waals surface area contributed by atoms with Gasteiger partial charge in [-0.3, -0.25) is 4.79 Å². The molecule has 0 bridgehead atoms. The molecule has 0 atom stereocenters. The third-order valence-corrected chi connectivity index (χ3v) is 3.33. The first-order valence-electron chi connectivity index (χ1n) is 5.44. The van der Waals surface area contributed by atoms with E-state index < -0.39 is 35.6 Å². The molecule has 1 nitrogen and oxygen atoms in total. The van der Waals surface area contributed by atoms with Gasteiger partial charge in [-0.05, 0) is 0 Å². The highest BCUT2D eigenvalue weighted by molar-refractivity contribution is 8.14. The SMILES string of the molecule is O=C(SCCC(F)(F)C(F)(F)C(F)F)c1ccccc1. The van der Waals surface area contributed by atoms with Crippen molar-refractivity contribution in [3.63, 3.8) is 0 Å². The third kappa shape index (κ3) is 3.91. The van der Waals surface area contributed by atoms with Crippen LogP contribution in [0.4, 0.5) is 26.3 Å². The zero-order valence-corrected chi connectivity index (χ0v) is 10.8. The predicted molar refractivity (Wildman–Crippen MR) is 63.7 cm³/mol. The van der Waals surface area contributed by atoms with E-state index in [1.807, 2.05) is 0 Å². The standard InChI is InChI=1S/C12H10F6OS/c13-10(14)12(17,18)11(15,16)6-7-20-9(19)8-4-2-1-3-5-8/h1-5,10H,6-7H2. The average Bonchev–Trinajstić information content (AvgIpc) is 2.39. The van der Waals surface area contributed by atoms with Gasteiger partial charge in [0.2, 0.25) is 5.12 Å². The first-order chi connectivity index (χ1) is 9.18. The van der Waals surface area contributed by atoms with Crippen molar-refractivity contribution >= 4 is 16.9 Å². The molecule has 20 heavy (non-hydrogen) atoms. The number of hydrogen-bond acceptors (Lipinski definition) is 2. The second-order valence-corrected chi connectivity index (χ2v) is 4.95. The maximum atomic E-state index is 13.0. The molecule has 0 aromatic heterocycles. The number of carbonyl (C=O) groups is 1. The molecule has 0 N–H and O–H groups in total. The third-order valence-electron chi connectivity index (χ3n) is 2.42. The van der Waals surface area contributed by atoms with E-state index in [0.29, 0.717) is 11.8 Å². The summed E-state index contributed by atoms with van der Waals surface area (Å²) >= 11 is 0.387. The summed E-state index contributed by atoms with van der Waals surface area (Å²) in [5.74, 6) is -10.9. The maximum Gasteiger partial charge on any atom is 0.369 e. The summed E-state index contributed by atoms with van der Waals surface area (Å²) in [7, 11) is 0. The highest BCUT2D eigenvalue weighted by Gasteiger charge is 2.62. The summed E-state index contributed by atoms with van der Waals surface area (Å²) in [6.45, 7) is 0. The fourth-order valence-corrected chi connectivity index (χ4v) is 2.10. The molecule has 0 amide bonds. The Bertz CT molecular complexity index is 449. The molecule has 112 valence electrons. The van der Waals surface area contributed by atoms with E-state index in [-0.39, 0.29) is 5.56 Å². The van der Waals surface area contributed by atoms with E-state index in [1.165, 1.54) is 12.1 Å². The smallest absolute Gasteiger partial charge is 0.282 e. The van der Waals surface area contributed by atoms with Crippen molar-refractivity contribution in [3.05, 3.63) is 35.9 Å². The molecule has 0 saturated carbocycles. The van der Waals surface area contributed by atoms with Gasteiger partial charge in [0.1, 0.15) is 0 Å². The van der Waals surface area contributed by atoms with Gasteiger partial charge in [-0.2, -0.15) is 17.6 Å². The number of rotatable bonds is 6. The Labute approximate surface area is 115 Å². The van der Waals surface area contributed by atoms with Gasteiger partial charge in [-0.1, -0.05) is 42.1 Å². The number of hydrogen-bond donors (Lipinski definition) is 0. The molecule has 1 aromatic rings. The van der Waals surface area contributed by atoms with Gasteiger partial charge in [0.15, 0.2) is 0 Å². The molecule has 0 fully saturated rings. The quantitative estimate of drug-likeness (QED) is 0.720. The van der Waals surface area contributed by atoms with Crippen molar-refractivity contribution < 1.29 is 31.1 Å². The minimum atomic E-state index is -5.40. The molecular weight excluding hydrogens is 306 g/mol. The highest BCUT2D eigenvalue weighted by atomic mass is 32.2. The molecule has 0 heterocycles. The molecule has 0 saturated heterocycles. The van der Waals surface area contributed by atoms with E-state index in [1.54, 1.807) is 18.2 Å². The van der Waals surface area contributed by atoms with Crippen LogP contribution in [0.2, 0.25) is 0 Å². The Hall–Kier alpha value is -1.18. The molecule has 0 spiro atoms. The van der Waals surface area contributed by atoms with E-state index in [9.17, 15) is 31.1 Å². The fraction of sp³-hybridized carbons (Fsp3) is 0.417.